The Labute approximate surface area is 162 Å². The Morgan fingerprint density at radius 2 is 1.93 bits per heavy atom. The predicted molar refractivity (Wildman–Crippen MR) is 100.0 cm³/mol. The van der Waals surface area contributed by atoms with Crippen LogP contribution in [0.5, 0.6) is 11.5 Å². The maximum atomic E-state index is 12.6. The minimum atomic E-state index is -1.39. The first-order valence-electron chi connectivity index (χ1n) is 8.44. The van der Waals surface area contributed by atoms with Crippen molar-refractivity contribution in [2.75, 3.05) is 7.11 Å². The Bertz CT molecular complexity index is 744. The first kappa shape index (κ1) is 21.2. The number of aliphatic hydroxyl groups is 3. The summed E-state index contributed by atoms with van der Waals surface area (Å²) in [4.78, 5) is 12.6. The number of carbonyl (C=O) groups is 1. The highest BCUT2D eigenvalue weighted by atomic mass is 35.5. The molecule has 0 bridgehead atoms. The third kappa shape index (κ3) is 5.01. The van der Waals surface area contributed by atoms with Gasteiger partial charge in [0.1, 0.15) is 35.4 Å². The molecule has 0 aromatic heterocycles. The topological polar surface area (TPSA) is 116 Å². The summed E-state index contributed by atoms with van der Waals surface area (Å²) in [5.41, 5.74) is 0.0422. The molecule has 1 aromatic rings. The fourth-order valence-corrected chi connectivity index (χ4v) is 2.95. The van der Waals surface area contributed by atoms with Gasteiger partial charge in [0.05, 0.1) is 18.2 Å². The number of rotatable bonds is 1. The molecule has 1 aromatic carbocycles. The van der Waals surface area contributed by atoms with Crippen molar-refractivity contribution in [3.05, 3.63) is 40.4 Å². The summed E-state index contributed by atoms with van der Waals surface area (Å²) in [5, 5.41) is 40.3. The predicted octanol–water partition coefficient (Wildman–Crippen LogP) is 2.05. The van der Waals surface area contributed by atoms with Crippen LogP contribution in [0.3, 0.4) is 0 Å². The summed E-state index contributed by atoms with van der Waals surface area (Å²) < 4.78 is 10.4. The van der Waals surface area contributed by atoms with Crippen LogP contribution in [0.1, 0.15) is 35.7 Å². The van der Waals surface area contributed by atoms with Crippen LogP contribution in [0.2, 0.25) is 5.02 Å². The Hall–Kier alpha value is -2.06. The molecule has 8 heteroatoms. The summed E-state index contributed by atoms with van der Waals surface area (Å²) in [6, 6.07) is 1.22. The molecule has 0 saturated heterocycles. The molecule has 4 atom stereocenters. The number of esters is 1. The maximum absolute atomic E-state index is 12.6. The lowest BCUT2D eigenvalue weighted by Gasteiger charge is -2.21. The molecule has 148 valence electrons. The Balaban J connectivity index is 2.52. The molecule has 4 N–H and O–H groups in total. The van der Waals surface area contributed by atoms with Crippen molar-refractivity contribution in [1.82, 2.24) is 0 Å². The average molecular weight is 399 g/mol. The van der Waals surface area contributed by atoms with Crippen LogP contribution >= 0.6 is 11.6 Å². The second kappa shape index (κ2) is 9.23. The molecular formula is C19H23ClO7. The second-order valence-corrected chi connectivity index (χ2v) is 6.64. The van der Waals surface area contributed by atoms with Gasteiger partial charge < -0.3 is 29.9 Å². The van der Waals surface area contributed by atoms with Crippen LogP contribution in [0.25, 0.3) is 6.08 Å². The lowest BCUT2D eigenvalue weighted by atomic mass is 10.0. The smallest absolute Gasteiger partial charge is 0.342 e. The minimum Gasteiger partial charge on any atom is -0.507 e. The fourth-order valence-electron chi connectivity index (χ4n) is 2.67. The van der Waals surface area contributed by atoms with Crippen LogP contribution in [0, 0.1) is 0 Å². The van der Waals surface area contributed by atoms with Gasteiger partial charge in [0.2, 0.25) is 0 Å². The van der Waals surface area contributed by atoms with Crippen molar-refractivity contribution in [3.63, 3.8) is 0 Å². The Morgan fingerprint density at radius 1 is 1.22 bits per heavy atom. The number of phenolic OH excluding ortho intramolecular Hbond substituents is 1. The standard InChI is InChI=1S/C19H23ClO7/c1-10-5-3-7-12(21)18(24)13(22)8-4-6-11-16(19(25)27-10)14(23)9-15(26-2)17(11)20/h3-4,6-7,9-10,12-13,18,21-24H,5,8H2,1-2H3/b6-4+,7-3+/t10-,12+,13-,18+/m0/s1. The summed E-state index contributed by atoms with van der Waals surface area (Å²) in [6.45, 7) is 1.64. The Kier molecular flexibility index (Phi) is 7.26. The van der Waals surface area contributed by atoms with Crippen molar-refractivity contribution in [2.45, 2.75) is 44.2 Å². The van der Waals surface area contributed by atoms with E-state index >= 15 is 0 Å². The van der Waals surface area contributed by atoms with Crippen LogP contribution in [0.15, 0.2) is 24.3 Å². The number of methoxy groups -OCH3 is 1. The van der Waals surface area contributed by atoms with Gasteiger partial charge in [-0.3, -0.25) is 0 Å². The van der Waals surface area contributed by atoms with Gasteiger partial charge in [-0.05, 0) is 13.3 Å². The van der Waals surface area contributed by atoms with Gasteiger partial charge in [-0.15, -0.1) is 0 Å². The van der Waals surface area contributed by atoms with Gasteiger partial charge in [-0.1, -0.05) is 35.9 Å². The van der Waals surface area contributed by atoms with Crippen molar-refractivity contribution in [3.8, 4) is 11.5 Å². The number of hydrogen-bond donors (Lipinski definition) is 4. The van der Waals surface area contributed by atoms with E-state index in [1.54, 1.807) is 13.0 Å². The number of halogens is 1. The number of cyclic esters (lactones) is 1. The first-order chi connectivity index (χ1) is 12.8. The number of phenols is 1. The highest BCUT2D eigenvalue weighted by molar-refractivity contribution is 6.34. The molecule has 0 amide bonds. The first-order valence-corrected chi connectivity index (χ1v) is 8.81. The zero-order chi connectivity index (χ0) is 20.1. The van der Waals surface area contributed by atoms with Crippen molar-refractivity contribution in [1.29, 1.82) is 0 Å². The van der Waals surface area contributed by atoms with Crippen LogP contribution < -0.4 is 4.74 Å². The van der Waals surface area contributed by atoms with Gasteiger partial charge >= 0.3 is 5.97 Å². The molecule has 1 aliphatic heterocycles. The number of hydrogen-bond acceptors (Lipinski definition) is 7. The largest absolute Gasteiger partial charge is 0.507 e. The summed E-state index contributed by atoms with van der Waals surface area (Å²) in [7, 11) is 1.37. The van der Waals surface area contributed by atoms with E-state index in [1.165, 1.54) is 31.4 Å². The molecule has 0 unspecified atom stereocenters. The average Bonchev–Trinajstić information content (AvgIpc) is 2.62. The fraction of sp³-hybridized carbons (Fsp3) is 0.421. The molecule has 1 aliphatic rings. The number of aromatic hydroxyl groups is 1. The monoisotopic (exact) mass is 398 g/mol. The normalized spacial score (nSPS) is 29.2. The van der Waals surface area contributed by atoms with E-state index in [9.17, 15) is 25.2 Å². The van der Waals surface area contributed by atoms with E-state index in [-0.39, 0.29) is 40.5 Å². The third-order valence-electron chi connectivity index (χ3n) is 4.19. The van der Waals surface area contributed by atoms with Crippen LogP contribution in [-0.4, -0.2) is 57.9 Å². The summed E-state index contributed by atoms with van der Waals surface area (Å²) >= 11 is 6.28. The maximum Gasteiger partial charge on any atom is 0.342 e. The zero-order valence-corrected chi connectivity index (χ0v) is 15.8. The number of carbonyl (C=O) groups excluding carboxylic acids is 1. The molecule has 1 heterocycles. The second-order valence-electron chi connectivity index (χ2n) is 6.27. The van der Waals surface area contributed by atoms with Gasteiger partial charge in [0.15, 0.2) is 0 Å². The summed E-state index contributed by atoms with van der Waals surface area (Å²) in [6.07, 6.45) is 1.55. The highest BCUT2D eigenvalue weighted by Crippen LogP contribution is 2.38. The van der Waals surface area contributed by atoms with E-state index in [0.717, 1.165) is 0 Å². The van der Waals surface area contributed by atoms with Gasteiger partial charge in [0.25, 0.3) is 0 Å². The quantitative estimate of drug-likeness (QED) is 0.422. The van der Waals surface area contributed by atoms with Crippen molar-refractivity contribution < 1.29 is 34.7 Å². The number of aliphatic hydroxyl groups excluding tert-OH is 3. The zero-order valence-electron chi connectivity index (χ0n) is 15.0. The molecule has 0 aliphatic carbocycles. The van der Waals surface area contributed by atoms with Gasteiger partial charge in [-0.2, -0.15) is 0 Å². The third-order valence-corrected chi connectivity index (χ3v) is 4.58. The van der Waals surface area contributed by atoms with Crippen LogP contribution in [0.4, 0.5) is 0 Å². The van der Waals surface area contributed by atoms with E-state index < -0.39 is 30.4 Å². The Morgan fingerprint density at radius 3 is 2.59 bits per heavy atom. The molecule has 0 spiro atoms. The lowest BCUT2D eigenvalue weighted by Crippen LogP contribution is -2.35. The van der Waals surface area contributed by atoms with Gasteiger partial charge in [-0.25, -0.2) is 4.79 Å². The minimum absolute atomic E-state index is 0.0226. The van der Waals surface area contributed by atoms with E-state index in [1.807, 2.05) is 0 Å². The van der Waals surface area contributed by atoms with E-state index in [4.69, 9.17) is 21.1 Å². The van der Waals surface area contributed by atoms with Crippen LogP contribution in [-0.2, 0) is 4.74 Å². The molecule has 0 saturated carbocycles. The molecule has 2 rings (SSSR count). The van der Waals surface area contributed by atoms with E-state index in [0.29, 0.717) is 0 Å². The molecule has 0 fully saturated rings. The SMILES string of the molecule is COc1cc(O)c2c(c1Cl)/C=C/C[C@H](O)[C@H](O)[C@H](O)/C=C/C[C@H](C)OC2=O. The van der Waals surface area contributed by atoms with Crippen molar-refractivity contribution in [2.24, 2.45) is 0 Å². The lowest BCUT2D eigenvalue weighted by molar-refractivity contribution is -0.0394. The number of fused-ring (bicyclic) bond motifs is 1. The summed E-state index contributed by atoms with van der Waals surface area (Å²) in [5.74, 6) is -0.957. The highest BCUT2D eigenvalue weighted by Gasteiger charge is 2.25. The van der Waals surface area contributed by atoms with Crippen molar-refractivity contribution >= 4 is 23.6 Å². The molecule has 7 nitrogen and oxygen atoms in total. The number of benzene rings is 1. The van der Waals surface area contributed by atoms with E-state index in [2.05, 4.69) is 0 Å². The number of ether oxygens (including phenoxy) is 2. The molecular weight excluding hydrogens is 376 g/mol. The molecule has 27 heavy (non-hydrogen) atoms. The molecule has 0 radical (unpaired) electrons. The van der Waals surface area contributed by atoms with Gasteiger partial charge in [0, 0.05) is 18.1 Å².